The zero-order chi connectivity index (χ0) is 67.7. The first-order chi connectivity index (χ1) is 46.1. The number of halogens is 1. The van der Waals surface area contributed by atoms with Gasteiger partial charge in [-0.2, -0.15) is 0 Å². The Morgan fingerprint density at radius 1 is 0.557 bits per heavy atom. The summed E-state index contributed by atoms with van der Waals surface area (Å²) in [6, 6.07) is 25.7. The van der Waals surface area contributed by atoms with Crippen molar-refractivity contribution in [1.29, 1.82) is 0 Å². The van der Waals surface area contributed by atoms with Crippen molar-refractivity contribution >= 4 is 88.2 Å². The number of nitrogens with two attached hydrogens (primary N) is 1. The maximum absolute atomic E-state index is 12.7. The van der Waals surface area contributed by atoms with Gasteiger partial charge in [0.2, 0.25) is 0 Å². The molecular formula is C74H96BrN12NaO6S3. The van der Waals surface area contributed by atoms with Crippen molar-refractivity contribution in [3.8, 4) is 0 Å². The Hall–Kier alpha value is -5.33. The summed E-state index contributed by atoms with van der Waals surface area (Å²) in [7, 11) is 0. The number of ether oxygens (including phenoxy) is 2. The molecule has 9 aliphatic rings. The fourth-order valence-corrected chi connectivity index (χ4v) is 17.2. The van der Waals surface area contributed by atoms with E-state index in [0.29, 0.717) is 5.03 Å². The smallest absolute Gasteiger partial charge is 0.759 e. The first-order valence-electron chi connectivity index (χ1n) is 34.4. The van der Waals surface area contributed by atoms with Gasteiger partial charge in [-0.3, -0.25) is 9.78 Å². The van der Waals surface area contributed by atoms with Gasteiger partial charge in [0.15, 0.2) is 0 Å². The van der Waals surface area contributed by atoms with Crippen molar-refractivity contribution in [2.75, 3.05) is 70.8 Å². The fourth-order valence-electron chi connectivity index (χ4n) is 14.5. The summed E-state index contributed by atoms with van der Waals surface area (Å²) in [4.78, 5) is 67.9. The minimum absolute atomic E-state index is 0. The number of rotatable bonds is 12. The summed E-state index contributed by atoms with van der Waals surface area (Å²) in [6.07, 6.45) is 28.1. The van der Waals surface area contributed by atoms with Crippen molar-refractivity contribution in [3.63, 3.8) is 0 Å². The monoisotopic (exact) mass is 1450 g/mol. The number of carbonyl (C=O) groups is 3. The topological polar surface area (TPSA) is 227 Å². The van der Waals surface area contributed by atoms with Crippen molar-refractivity contribution < 1.29 is 58.5 Å². The van der Waals surface area contributed by atoms with Crippen LogP contribution in [0.25, 0.3) is 0 Å². The number of alkyl halides is 1. The van der Waals surface area contributed by atoms with Gasteiger partial charge in [-0.15, -0.1) is 23.5 Å². The molecule has 97 heavy (non-hydrogen) atoms. The van der Waals surface area contributed by atoms with Crippen molar-refractivity contribution in [2.24, 2.45) is 39.7 Å². The van der Waals surface area contributed by atoms with Gasteiger partial charge < -0.3 is 58.3 Å². The molecule has 0 unspecified atom stereocenters. The van der Waals surface area contributed by atoms with Crippen LogP contribution in [0.5, 0.6) is 0 Å². The van der Waals surface area contributed by atoms with E-state index in [1.807, 2.05) is 95.9 Å². The summed E-state index contributed by atoms with van der Waals surface area (Å²) in [5.41, 5.74) is 13.8. The molecule has 6 aromatic rings. The van der Waals surface area contributed by atoms with Crippen molar-refractivity contribution in [2.45, 2.75) is 182 Å². The second-order valence-electron chi connectivity index (χ2n) is 29.7. The molecule has 0 bridgehead atoms. The van der Waals surface area contributed by atoms with E-state index >= 15 is 0 Å². The first kappa shape index (κ1) is 74.4. The second kappa shape index (κ2) is 33.0. The maximum atomic E-state index is 12.7. The number of amides is 2. The molecule has 6 heterocycles. The molecule has 0 radical (unpaired) electrons. The number of piperidine rings is 3. The average molecular weight is 1450 g/mol. The van der Waals surface area contributed by atoms with Crippen LogP contribution in [-0.2, 0) is 46.2 Å². The fraction of sp³-hybridized carbons (Fsp3) is 0.554. The van der Waals surface area contributed by atoms with Gasteiger partial charge in [-0.1, -0.05) is 93.8 Å². The van der Waals surface area contributed by atoms with Crippen LogP contribution < -0.4 is 60.6 Å². The number of carbonyl (C=O) groups excluding carboxylic acids is 2. The molecule has 3 aliphatic heterocycles. The van der Waals surface area contributed by atoms with Crippen LogP contribution >= 0.6 is 39.5 Å². The normalized spacial score (nSPS) is 21.2. The largest absolute Gasteiger partial charge is 1.00 e. The zero-order valence-corrected chi connectivity index (χ0v) is 63.6. The van der Waals surface area contributed by atoms with E-state index in [2.05, 4.69) is 133 Å². The molecule has 3 saturated carbocycles. The van der Waals surface area contributed by atoms with E-state index in [9.17, 15) is 9.59 Å². The van der Waals surface area contributed by atoms with E-state index in [-0.39, 0.29) is 82.6 Å². The summed E-state index contributed by atoms with van der Waals surface area (Å²) in [5.74, 6) is 8.03. The van der Waals surface area contributed by atoms with Crippen LogP contribution in [0.2, 0.25) is 0 Å². The van der Waals surface area contributed by atoms with E-state index in [0.717, 1.165) is 148 Å². The third-order valence-electron chi connectivity index (χ3n) is 20.3. The third kappa shape index (κ3) is 19.8. The Bertz CT molecular complexity index is 3550. The molecule has 3 spiro atoms. The Morgan fingerprint density at radius 2 is 0.897 bits per heavy atom. The molecule has 3 saturated heterocycles. The molecule has 15 rings (SSSR count). The van der Waals surface area contributed by atoms with E-state index < -0.39 is 11.2 Å². The van der Waals surface area contributed by atoms with E-state index in [4.69, 9.17) is 42.7 Å². The van der Waals surface area contributed by atoms with Crippen LogP contribution in [-0.4, -0.2) is 121 Å². The van der Waals surface area contributed by atoms with E-state index in [1.165, 1.54) is 83.0 Å². The molecule has 6 fully saturated rings. The average Bonchev–Trinajstić information content (AvgIpc) is 1.62. The van der Waals surface area contributed by atoms with Gasteiger partial charge in [0.1, 0.15) is 38.7 Å². The predicted molar refractivity (Wildman–Crippen MR) is 387 cm³/mol. The number of anilines is 3. The first-order valence-corrected chi connectivity index (χ1v) is 37.9. The molecule has 3 atom stereocenters. The molecule has 6 aliphatic carbocycles. The molecule has 3 aromatic heterocycles. The number of carboxylic acid groups (broad SMARTS) is 1. The number of benzene rings is 3. The third-order valence-corrected chi connectivity index (χ3v) is 23.7. The number of hydrogen-bond donors (Lipinski definition) is 4. The van der Waals surface area contributed by atoms with Gasteiger partial charge in [0, 0.05) is 79.2 Å². The van der Waals surface area contributed by atoms with E-state index in [1.54, 1.807) is 12.4 Å². The maximum Gasteiger partial charge on any atom is 1.00 e. The minimum atomic E-state index is -0.520. The number of nitrogens with one attached hydrogen (secondary N) is 2. The summed E-state index contributed by atoms with van der Waals surface area (Å²) in [6.45, 7) is 16.7. The summed E-state index contributed by atoms with van der Waals surface area (Å²) >= 11 is 12.1. The number of hydrogen-bond acceptors (Lipinski definition) is 18. The van der Waals surface area contributed by atoms with Crippen LogP contribution in [0.1, 0.15) is 170 Å². The Labute approximate surface area is 618 Å². The van der Waals surface area contributed by atoms with Crippen LogP contribution in [0.3, 0.4) is 0 Å². The van der Waals surface area contributed by atoms with Crippen molar-refractivity contribution in [3.05, 3.63) is 143 Å². The van der Waals surface area contributed by atoms with Gasteiger partial charge in [-0.25, -0.2) is 34.5 Å². The van der Waals surface area contributed by atoms with Gasteiger partial charge >= 0.3 is 41.7 Å². The molecule has 18 nitrogen and oxygen atoms in total. The number of alkyl carbamates (subject to hydrolysis) is 2. The van der Waals surface area contributed by atoms with Gasteiger partial charge in [0.25, 0.3) is 6.47 Å². The number of nitrogens with zero attached hydrogens (tertiary/aromatic N) is 9. The molecule has 3 aromatic carbocycles. The molecule has 2 amide bonds. The Kier molecular flexibility index (Phi) is 25.3. The molecule has 23 heteroatoms. The quantitative estimate of drug-likeness (QED) is 0.0294. The number of aromatic nitrogens is 6. The molecule has 5 N–H and O–H groups in total. The summed E-state index contributed by atoms with van der Waals surface area (Å²) < 4.78 is 11.2. The second-order valence-corrected chi connectivity index (χ2v) is 32.8. The SMILES string of the molecule is BrCC1CC1.CC(C)(C)OC(=O)N[C@@H]1c2ccccc2CC12CCN(c1cnc(SCC3CC3)cn1)CC2.CC(C)(C)OC(=O)N[C@@H]1c2ccccc2CC12CCN(c1cnc([S-])cn1)CC2.N[C@@H]1c2ccccc2CC12CCN(c1cnc(SCC3CC3)cn1)CC2.O=CO.[Na+]. The van der Waals surface area contributed by atoms with Crippen LogP contribution in [0.4, 0.5) is 27.0 Å². The molecule has 514 valence electrons. The Balaban J connectivity index is 0.000000149. The van der Waals surface area contributed by atoms with Crippen LogP contribution in [0, 0.1) is 34.0 Å². The van der Waals surface area contributed by atoms with Crippen molar-refractivity contribution in [1.82, 2.24) is 40.5 Å². The van der Waals surface area contributed by atoms with Crippen LogP contribution in [0.15, 0.2) is 125 Å². The zero-order valence-electron chi connectivity index (χ0n) is 57.6. The predicted octanol–water partition coefficient (Wildman–Crippen LogP) is 11.5. The summed E-state index contributed by atoms with van der Waals surface area (Å²) in [5, 5.41) is 17.1. The Morgan fingerprint density at radius 3 is 1.22 bits per heavy atom. The standard InChI is InChI=1S/C26H34N4O2S.C22H28N4O2S.C21H26N4S.C4H7Br.CH2O2.Na/c1-25(2,3)32-24(31)29-23-20-7-5-4-6-19(20)14-26(23)10-12-30(13-11-26)21-15-28-22(16-27-21)33-17-18-8-9-18;1-21(2,3)28-20(27)25-19-16-7-5-4-6-15(16)12-22(19)8-10-26(11-9-22)17-13-24-18(29)14-23-17;22-20-17-4-2-1-3-16(17)11-21(20)7-9-25(10-8-21)18-12-24-19(13-23-18)26-14-15-5-6-15;5-3-4-1-2-4;2-1-3;/h4-7,15-16,18,23H,8-14,17H2,1-3H3,(H,29,31);4-7,13-14,19H,8-12H2,1-3H3,(H,24,29)(H,25,27);1-4,12-13,15,20H,5-11,14,22H2;4H,1-3H2;1H,(H,2,3);/q;;;;;+1/p-1/t23-;19-;20-;;;/m111.../s1. The number of thioether (sulfide) groups is 2. The minimum Gasteiger partial charge on any atom is -0.759 e. The molecular weight excluding hydrogens is 1350 g/mol. The van der Waals surface area contributed by atoms with Gasteiger partial charge in [-0.05, 0) is 194 Å². The number of fused-ring (bicyclic) bond motifs is 3. The van der Waals surface area contributed by atoms with Gasteiger partial charge in [0.05, 0.1) is 43.1 Å².